The van der Waals surface area contributed by atoms with E-state index in [9.17, 15) is 23.2 Å². The maximum Gasteiger partial charge on any atom is 0.253 e. The van der Waals surface area contributed by atoms with Gasteiger partial charge in [0, 0.05) is 30.9 Å². The molecule has 5 rings (SSSR count). The van der Waals surface area contributed by atoms with E-state index >= 15 is 0 Å². The number of carbonyl (C=O) groups is 3. The van der Waals surface area contributed by atoms with Crippen LogP contribution in [0.4, 0.5) is 14.5 Å². The molecule has 1 spiro atoms. The fourth-order valence-corrected chi connectivity index (χ4v) is 5.24. The van der Waals surface area contributed by atoms with Crippen LogP contribution in [0.1, 0.15) is 28.8 Å². The van der Waals surface area contributed by atoms with Crippen LogP contribution in [-0.2, 0) is 16.1 Å². The SMILES string of the molecule is O=C(CN1CN(c2ccccc2)C2(CCN(C(=O)c3cccc(F)c3)CC2)C1=O)NCc1ccc(F)cc1. The summed E-state index contributed by atoms with van der Waals surface area (Å²) >= 11 is 0. The van der Waals surface area contributed by atoms with Crippen LogP contribution in [-0.4, -0.2) is 59.4 Å². The molecule has 196 valence electrons. The van der Waals surface area contributed by atoms with E-state index in [-0.39, 0.29) is 48.9 Å². The third kappa shape index (κ3) is 5.09. The number of para-hydroxylation sites is 1. The van der Waals surface area contributed by atoms with Crippen molar-refractivity contribution in [1.82, 2.24) is 15.1 Å². The topological polar surface area (TPSA) is 73.0 Å². The van der Waals surface area contributed by atoms with Crippen LogP contribution in [0.15, 0.2) is 78.9 Å². The van der Waals surface area contributed by atoms with Crippen LogP contribution in [0.25, 0.3) is 0 Å². The second-order valence-corrected chi connectivity index (χ2v) is 9.65. The van der Waals surface area contributed by atoms with Crippen molar-refractivity contribution in [2.24, 2.45) is 0 Å². The number of nitrogens with zero attached hydrogens (tertiary/aromatic N) is 3. The van der Waals surface area contributed by atoms with E-state index in [0.29, 0.717) is 25.9 Å². The number of anilines is 1. The Balaban J connectivity index is 1.30. The summed E-state index contributed by atoms with van der Waals surface area (Å²) in [5, 5.41) is 2.80. The predicted molar refractivity (Wildman–Crippen MR) is 138 cm³/mol. The highest BCUT2D eigenvalue weighted by Crippen LogP contribution is 2.39. The van der Waals surface area contributed by atoms with E-state index < -0.39 is 11.4 Å². The molecule has 0 radical (unpaired) electrons. The molecule has 0 aromatic heterocycles. The normalized spacial score (nSPS) is 16.7. The Morgan fingerprint density at radius 2 is 1.58 bits per heavy atom. The summed E-state index contributed by atoms with van der Waals surface area (Å²) in [6.45, 7) is 1.01. The number of amides is 3. The maximum atomic E-state index is 13.8. The van der Waals surface area contributed by atoms with Gasteiger partial charge in [-0.15, -0.1) is 0 Å². The Morgan fingerprint density at radius 1 is 0.868 bits per heavy atom. The standard InChI is InChI=1S/C29H28F2N4O3/c30-23-11-9-21(10-12-23)18-32-26(36)19-34-20-35(25-7-2-1-3-8-25)29(28(34)38)13-15-33(16-14-29)27(37)22-5-4-6-24(31)17-22/h1-12,17H,13-16,18-20H2,(H,32,36). The molecule has 3 aromatic carbocycles. The highest BCUT2D eigenvalue weighted by Gasteiger charge is 2.54. The molecule has 2 aliphatic heterocycles. The van der Waals surface area contributed by atoms with E-state index in [0.717, 1.165) is 11.3 Å². The molecule has 3 amide bonds. The molecule has 0 saturated carbocycles. The zero-order valence-corrected chi connectivity index (χ0v) is 20.8. The third-order valence-electron chi connectivity index (χ3n) is 7.27. The number of halogens is 2. The Bertz CT molecular complexity index is 1330. The molecule has 2 aliphatic rings. The second-order valence-electron chi connectivity index (χ2n) is 9.65. The predicted octanol–water partition coefficient (Wildman–Crippen LogP) is 3.56. The minimum atomic E-state index is -0.892. The largest absolute Gasteiger partial charge is 0.350 e. The van der Waals surface area contributed by atoms with Gasteiger partial charge >= 0.3 is 0 Å². The monoisotopic (exact) mass is 518 g/mol. The first-order valence-electron chi connectivity index (χ1n) is 12.5. The van der Waals surface area contributed by atoms with Crippen molar-refractivity contribution in [1.29, 1.82) is 0 Å². The number of carbonyl (C=O) groups excluding carboxylic acids is 3. The van der Waals surface area contributed by atoms with Crippen molar-refractivity contribution in [2.45, 2.75) is 24.9 Å². The van der Waals surface area contributed by atoms with Gasteiger partial charge in [-0.05, 0) is 60.9 Å². The summed E-state index contributed by atoms with van der Waals surface area (Å²) in [6, 6.07) is 21.0. The molecule has 0 atom stereocenters. The quantitative estimate of drug-likeness (QED) is 0.542. The third-order valence-corrected chi connectivity index (χ3v) is 7.27. The van der Waals surface area contributed by atoms with E-state index in [1.807, 2.05) is 35.2 Å². The Labute approximate surface area is 219 Å². The highest BCUT2D eigenvalue weighted by atomic mass is 19.1. The van der Waals surface area contributed by atoms with E-state index in [1.54, 1.807) is 23.1 Å². The molecule has 2 heterocycles. The first kappa shape index (κ1) is 25.4. The summed E-state index contributed by atoms with van der Waals surface area (Å²) in [7, 11) is 0. The molecule has 38 heavy (non-hydrogen) atoms. The lowest BCUT2D eigenvalue weighted by Crippen LogP contribution is -2.57. The number of piperidine rings is 1. The summed E-state index contributed by atoms with van der Waals surface area (Å²) in [5.74, 6) is -1.56. The van der Waals surface area contributed by atoms with E-state index in [2.05, 4.69) is 5.32 Å². The molecule has 7 nitrogen and oxygen atoms in total. The van der Waals surface area contributed by atoms with Gasteiger partial charge in [0.2, 0.25) is 5.91 Å². The number of benzene rings is 3. The van der Waals surface area contributed by atoms with Crippen LogP contribution in [0.3, 0.4) is 0 Å². The average molecular weight is 519 g/mol. The Hall–Kier alpha value is -4.27. The van der Waals surface area contributed by atoms with Crippen LogP contribution < -0.4 is 10.2 Å². The highest BCUT2D eigenvalue weighted by molar-refractivity contribution is 5.97. The average Bonchev–Trinajstić information content (AvgIpc) is 3.19. The smallest absolute Gasteiger partial charge is 0.253 e. The fraction of sp³-hybridized carbons (Fsp3) is 0.276. The zero-order chi connectivity index (χ0) is 26.7. The number of rotatable bonds is 6. The van der Waals surface area contributed by atoms with Crippen molar-refractivity contribution < 1.29 is 23.2 Å². The van der Waals surface area contributed by atoms with Crippen LogP contribution in [0.2, 0.25) is 0 Å². The Kier molecular flexibility index (Phi) is 7.09. The molecule has 3 aromatic rings. The van der Waals surface area contributed by atoms with Crippen molar-refractivity contribution in [3.8, 4) is 0 Å². The zero-order valence-electron chi connectivity index (χ0n) is 20.8. The lowest BCUT2D eigenvalue weighted by Gasteiger charge is -2.43. The molecule has 0 bridgehead atoms. The van der Waals surface area contributed by atoms with Gasteiger partial charge in [0.25, 0.3) is 11.8 Å². The molecule has 2 saturated heterocycles. The number of likely N-dealkylation sites (tertiary alicyclic amines) is 1. The first-order chi connectivity index (χ1) is 18.4. The first-order valence-corrected chi connectivity index (χ1v) is 12.5. The van der Waals surface area contributed by atoms with E-state index in [4.69, 9.17) is 0 Å². The lowest BCUT2D eigenvalue weighted by atomic mass is 9.85. The van der Waals surface area contributed by atoms with Crippen molar-refractivity contribution >= 4 is 23.4 Å². The summed E-state index contributed by atoms with van der Waals surface area (Å²) in [6.07, 6.45) is 0.769. The van der Waals surface area contributed by atoms with Crippen LogP contribution in [0, 0.1) is 11.6 Å². The van der Waals surface area contributed by atoms with Crippen molar-refractivity contribution in [3.05, 3.63) is 102 Å². The van der Waals surface area contributed by atoms with Gasteiger partial charge in [-0.3, -0.25) is 14.4 Å². The lowest BCUT2D eigenvalue weighted by molar-refractivity contribution is -0.137. The molecule has 2 fully saturated rings. The van der Waals surface area contributed by atoms with Gasteiger partial charge in [0.05, 0.1) is 6.67 Å². The summed E-state index contributed by atoms with van der Waals surface area (Å²) < 4.78 is 26.8. The van der Waals surface area contributed by atoms with Gasteiger partial charge in [-0.1, -0.05) is 36.4 Å². The van der Waals surface area contributed by atoms with Crippen LogP contribution in [0.5, 0.6) is 0 Å². The minimum absolute atomic E-state index is 0.114. The number of hydrogen-bond acceptors (Lipinski definition) is 4. The molecule has 9 heteroatoms. The summed E-state index contributed by atoms with van der Waals surface area (Å²) in [4.78, 5) is 44.7. The van der Waals surface area contributed by atoms with Crippen molar-refractivity contribution in [3.63, 3.8) is 0 Å². The van der Waals surface area contributed by atoms with Gasteiger partial charge in [0.1, 0.15) is 23.7 Å². The van der Waals surface area contributed by atoms with Gasteiger partial charge in [-0.25, -0.2) is 8.78 Å². The molecule has 0 unspecified atom stereocenters. The Morgan fingerprint density at radius 3 is 2.26 bits per heavy atom. The molecular formula is C29H28F2N4O3. The minimum Gasteiger partial charge on any atom is -0.350 e. The van der Waals surface area contributed by atoms with Gasteiger partial charge in [-0.2, -0.15) is 0 Å². The molecular weight excluding hydrogens is 490 g/mol. The summed E-state index contributed by atoms with van der Waals surface area (Å²) in [5.41, 5.74) is 1.00. The number of hydrogen-bond donors (Lipinski definition) is 1. The fourth-order valence-electron chi connectivity index (χ4n) is 5.24. The maximum absolute atomic E-state index is 13.8. The molecule has 0 aliphatic carbocycles. The van der Waals surface area contributed by atoms with Gasteiger partial charge in [0.15, 0.2) is 0 Å². The van der Waals surface area contributed by atoms with Gasteiger partial charge < -0.3 is 20.0 Å². The van der Waals surface area contributed by atoms with Crippen molar-refractivity contribution in [2.75, 3.05) is 31.2 Å². The van der Waals surface area contributed by atoms with E-state index in [1.165, 1.54) is 35.2 Å². The molecule has 1 N–H and O–H groups in total. The second kappa shape index (κ2) is 10.6. The number of nitrogens with one attached hydrogen (secondary N) is 1. The van der Waals surface area contributed by atoms with Crippen LogP contribution >= 0.6 is 0 Å².